The minimum atomic E-state index is 0.146. The third-order valence-electron chi connectivity index (χ3n) is 7.51. The van der Waals surface area contributed by atoms with E-state index in [1.807, 2.05) is 4.90 Å². The molecule has 1 aromatic carbocycles. The van der Waals surface area contributed by atoms with Gasteiger partial charge in [-0.15, -0.1) is 0 Å². The molecule has 1 aliphatic carbocycles. The highest BCUT2D eigenvalue weighted by Crippen LogP contribution is 2.55. The maximum absolute atomic E-state index is 12.8. The first-order valence-electron chi connectivity index (χ1n) is 11.6. The second-order valence-electron chi connectivity index (χ2n) is 9.75. The maximum Gasteiger partial charge on any atom is 0.317 e. The van der Waals surface area contributed by atoms with Crippen LogP contribution in [0.2, 0.25) is 0 Å². The topological polar surface area (TPSA) is 55.8 Å². The summed E-state index contributed by atoms with van der Waals surface area (Å²) >= 11 is 0. The summed E-state index contributed by atoms with van der Waals surface area (Å²) in [4.78, 5) is 17.4. The molecule has 5 heteroatoms. The van der Waals surface area contributed by atoms with E-state index in [4.69, 9.17) is 0 Å². The Morgan fingerprint density at radius 1 is 1.07 bits per heavy atom. The van der Waals surface area contributed by atoms with Crippen molar-refractivity contribution in [1.82, 2.24) is 15.1 Å². The van der Waals surface area contributed by atoms with Crippen LogP contribution in [0.25, 0.3) is 0 Å². The highest BCUT2D eigenvalue weighted by atomic mass is 16.3. The van der Waals surface area contributed by atoms with E-state index in [1.165, 1.54) is 31.2 Å². The summed E-state index contributed by atoms with van der Waals surface area (Å²) in [5.74, 6) is 0.322. The van der Waals surface area contributed by atoms with Crippen molar-refractivity contribution in [2.45, 2.75) is 83.3 Å². The quantitative estimate of drug-likeness (QED) is 0.726. The number of amides is 2. The summed E-state index contributed by atoms with van der Waals surface area (Å²) in [6.07, 6.45) is 9.49. The molecule has 1 unspecified atom stereocenters. The van der Waals surface area contributed by atoms with Crippen molar-refractivity contribution in [1.29, 1.82) is 0 Å². The van der Waals surface area contributed by atoms with E-state index in [1.54, 1.807) is 12.1 Å². The number of nitrogens with one attached hydrogen (secondary N) is 1. The summed E-state index contributed by atoms with van der Waals surface area (Å²) in [5.41, 5.74) is 1.54. The molecule has 3 aliphatic rings. The van der Waals surface area contributed by atoms with Gasteiger partial charge in [0.05, 0.1) is 0 Å². The van der Waals surface area contributed by atoms with Gasteiger partial charge in [0.1, 0.15) is 5.75 Å². The predicted molar refractivity (Wildman–Crippen MR) is 116 cm³/mol. The molecule has 0 bridgehead atoms. The van der Waals surface area contributed by atoms with E-state index in [2.05, 4.69) is 36.2 Å². The minimum Gasteiger partial charge on any atom is -0.508 e. The lowest BCUT2D eigenvalue weighted by molar-refractivity contribution is -0.123. The third kappa shape index (κ3) is 4.25. The number of likely N-dealkylation sites (tertiary alicyclic amines) is 2. The Kier molecular flexibility index (Phi) is 6.05. The summed E-state index contributed by atoms with van der Waals surface area (Å²) in [6, 6.07) is 9.14. The molecule has 1 atom stereocenters. The van der Waals surface area contributed by atoms with E-state index < -0.39 is 0 Å². The normalized spacial score (nSPS) is 25.6. The van der Waals surface area contributed by atoms with E-state index in [9.17, 15) is 9.90 Å². The average molecular weight is 400 g/mol. The largest absolute Gasteiger partial charge is 0.508 e. The number of piperidine rings is 1. The number of hydrogen-bond donors (Lipinski definition) is 2. The van der Waals surface area contributed by atoms with Crippen molar-refractivity contribution < 1.29 is 9.90 Å². The molecule has 1 saturated carbocycles. The van der Waals surface area contributed by atoms with Crippen molar-refractivity contribution in [3.05, 3.63) is 29.8 Å². The number of rotatable bonds is 3. The van der Waals surface area contributed by atoms with Gasteiger partial charge in [-0.05, 0) is 57.2 Å². The van der Waals surface area contributed by atoms with Crippen LogP contribution in [0.4, 0.5) is 4.79 Å². The molecule has 1 aromatic rings. The fraction of sp³-hybridized carbons (Fsp3) is 0.708. The Morgan fingerprint density at radius 3 is 2.28 bits per heavy atom. The second-order valence-corrected chi connectivity index (χ2v) is 9.75. The monoisotopic (exact) mass is 399 g/mol. The molecule has 2 amide bonds. The zero-order valence-corrected chi connectivity index (χ0v) is 18.1. The molecule has 2 saturated heterocycles. The van der Waals surface area contributed by atoms with Gasteiger partial charge < -0.3 is 15.3 Å². The van der Waals surface area contributed by atoms with Crippen LogP contribution in [-0.2, 0) is 0 Å². The lowest BCUT2D eigenvalue weighted by Gasteiger charge is -2.62. The van der Waals surface area contributed by atoms with Gasteiger partial charge in [-0.25, -0.2) is 4.79 Å². The SMILES string of the molecule is CC(C)N1CC2(CCN(C(=O)NC3CCCCCC3)CC2)C1c1ccc(O)cc1. The number of carbonyl (C=O) groups is 1. The third-order valence-corrected chi connectivity index (χ3v) is 7.51. The van der Waals surface area contributed by atoms with E-state index >= 15 is 0 Å². The molecule has 29 heavy (non-hydrogen) atoms. The Morgan fingerprint density at radius 2 is 1.69 bits per heavy atom. The number of aromatic hydroxyl groups is 1. The van der Waals surface area contributed by atoms with Crippen LogP contribution in [-0.4, -0.2) is 52.7 Å². The number of hydrogen-bond acceptors (Lipinski definition) is 3. The number of phenolic OH excluding ortho intramolecular Hbond substituents is 1. The molecular formula is C24H37N3O2. The van der Waals surface area contributed by atoms with E-state index in [-0.39, 0.29) is 11.4 Å². The number of nitrogens with zero attached hydrogens (tertiary/aromatic N) is 2. The first kappa shape index (κ1) is 20.5. The smallest absolute Gasteiger partial charge is 0.317 e. The number of carbonyl (C=O) groups excluding carboxylic acids is 1. The molecule has 1 spiro atoms. The van der Waals surface area contributed by atoms with Gasteiger partial charge in [0, 0.05) is 43.2 Å². The van der Waals surface area contributed by atoms with Crippen molar-refractivity contribution in [3.8, 4) is 5.75 Å². The molecule has 2 aliphatic heterocycles. The maximum atomic E-state index is 12.8. The van der Waals surface area contributed by atoms with Crippen LogP contribution in [0.3, 0.4) is 0 Å². The van der Waals surface area contributed by atoms with Gasteiger partial charge in [0.2, 0.25) is 0 Å². The Labute approximate surface area is 175 Å². The summed E-state index contributed by atoms with van der Waals surface area (Å²) in [6.45, 7) is 7.32. The predicted octanol–water partition coefficient (Wildman–Crippen LogP) is 4.67. The molecule has 2 heterocycles. The standard InChI is InChI=1S/C24H37N3O2/c1-18(2)27-17-24(22(27)19-9-11-21(28)12-10-19)13-15-26(16-14-24)23(29)25-20-7-5-3-4-6-8-20/h9-12,18,20,22,28H,3-8,13-17H2,1-2H3,(H,25,29). The number of benzene rings is 1. The molecule has 3 fully saturated rings. The molecule has 160 valence electrons. The second kappa shape index (κ2) is 8.55. The molecule has 5 nitrogen and oxygen atoms in total. The molecule has 0 aromatic heterocycles. The van der Waals surface area contributed by atoms with Gasteiger partial charge in [-0.3, -0.25) is 4.90 Å². The first-order valence-corrected chi connectivity index (χ1v) is 11.6. The fourth-order valence-electron chi connectivity index (χ4n) is 5.74. The van der Waals surface area contributed by atoms with Crippen molar-refractivity contribution in [2.24, 2.45) is 5.41 Å². The summed E-state index contributed by atoms with van der Waals surface area (Å²) < 4.78 is 0. The van der Waals surface area contributed by atoms with E-state index in [0.29, 0.717) is 23.9 Å². The van der Waals surface area contributed by atoms with Gasteiger partial charge in [0.15, 0.2) is 0 Å². The Bertz CT molecular complexity index is 687. The molecule has 2 N–H and O–H groups in total. The van der Waals surface area contributed by atoms with Gasteiger partial charge in [0.25, 0.3) is 0 Å². The number of phenols is 1. The fourth-order valence-corrected chi connectivity index (χ4v) is 5.74. The van der Waals surface area contributed by atoms with Crippen LogP contribution in [0.5, 0.6) is 5.75 Å². The van der Waals surface area contributed by atoms with E-state index in [0.717, 1.165) is 45.3 Å². The van der Waals surface area contributed by atoms with Crippen LogP contribution in [0.1, 0.15) is 76.8 Å². The highest BCUT2D eigenvalue weighted by molar-refractivity contribution is 5.74. The number of urea groups is 1. The van der Waals surface area contributed by atoms with Crippen LogP contribution < -0.4 is 5.32 Å². The van der Waals surface area contributed by atoms with Crippen LogP contribution >= 0.6 is 0 Å². The lowest BCUT2D eigenvalue weighted by atomic mass is 9.62. The minimum absolute atomic E-state index is 0.146. The molecular weight excluding hydrogens is 362 g/mol. The molecule has 4 rings (SSSR count). The Balaban J connectivity index is 1.39. The van der Waals surface area contributed by atoms with Crippen molar-refractivity contribution in [3.63, 3.8) is 0 Å². The van der Waals surface area contributed by atoms with Crippen molar-refractivity contribution >= 4 is 6.03 Å². The Hall–Kier alpha value is -1.75. The average Bonchev–Trinajstić information content (AvgIpc) is 2.97. The zero-order chi connectivity index (χ0) is 20.4. The van der Waals surface area contributed by atoms with Crippen LogP contribution in [0.15, 0.2) is 24.3 Å². The van der Waals surface area contributed by atoms with Gasteiger partial charge >= 0.3 is 6.03 Å². The first-order chi connectivity index (χ1) is 14.0. The van der Waals surface area contributed by atoms with Gasteiger partial charge in [-0.2, -0.15) is 0 Å². The lowest BCUT2D eigenvalue weighted by Crippen LogP contribution is -2.64. The highest BCUT2D eigenvalue weighted by Gasteiger charge is 2.54. The molecule has 0 radical (unpaired) electrons. The van der Waals surface area contributed by atoms with Crippen LogP contribution in [0, 0.1) is 5.41 Å². The zero-order valence-electron chi connectivity index (χ0n) is 18.1. The van der Waals surface area contributed by atoms with Crippen molar-refractivity contribution in [2.75, 3.05) is 19.6 Å². The summed E-state index contributed by atoms with van der Waals surface area (Å²) in [5, 5.41) is 13.0. The van der Waals surface area contributed by atoms with Gasteiger partial charge in [-0.1, -0.05) is 37.8 Å². The summed E-state index contributed by atoms with van der Waals surface area (Å²) in [7, 11) is 0.